The van der Waals surface area contributed by atoms with Crippen LogP contribution in [0.3, 0.4) is 0 Å². The SMILES string of the molecule is COc1ccc(-c2cc(C3CCCCC3)nc(OCOCCO)c2C#N)cc1. The lowest BCUT2D eigenvalue weighted by atomic mass is 9.85. The molecule has 2 aromatic rings. The zero-order valence-corrected chi connectivity index (χ0v) is 16.2. The maximum absolute atomic E-state index is 9.79. The molecule has 1 aromatic heterocycles. The lowest BCUT2D eigenvalue weighted by molar-refractivity contribution is -0.00347. The summed E-state index contributed by atoms with van der Waals surface area (Å²) in [6.07, 6.45) is 5.85. The first-order chi connectivity index (χ1) is 13.8. The Kier molecular flexibility index (Phi) is 7.24. The molecule has 0 unspecified atom stereocenters. The third kappa shape index (κ3) is 4.80. The molecule has 0 aliphatic heterocycles. The van der Waals surface area contributed by atoms with Gasteiger partial charge < -0.3 is 19.3 Å². The van der Waals surface area contributed by atoms with Gasteiger partial charge in [0.15, 0.2) is 6.79 Å². The largest absolute Gasteiger partial charge is 0.497 e. The molecule has 0 bridgehead atoms. The van der Waals surface area contributed by atoms with Crippen molar-refractivity contribution in [1.29, 1.82) is 5.26 Å². The van der Waals surface area contributed by atoms with Crippen molar-refractivity contribution in [1.82, 2.24) is 4.98 Å². The molecule has 28 heavy (non-hydrogen) atoms. The first-order valence-electron chi connectivity index (χ1n) is 9.67. The minimum absolute atomic E-state index is 0.0571. The quantitative estimate of drug-likeness (QED) is 0.548. The monoisotopic (exact) mass is 382 g/mol. The molecule has 148 valence electrons. The van der Waals surface area contributed by atoms with Gasteiger partial charge in [0.2, 0.25) is 5.88 Å². The van der Waals surface area contributed by atoms with Gasteiger partial charge >= 0.3 is 0 Å². The van der Waals surface area contributed by atoms with Crippen LogP contribution in [-0.4, -0.2) is 37.2 Å². The molecule has 6 nitrogen and oxygen atoms in total. The Morgan fingerprint density at radius 1 is 1.18 bits per heavy atom. The Morgan fingerprint density at radius 2 is 1.93 bits per heavy atom. The standard InChI is InChI=1S/C22H26N2O4/c1-26-18-9-7-16(8-10-18)19-13-21(17-5-3-2-4-6-17)24-22(20(19)14-23)28-15-27-12-11-25/h7-10,13,17,25H,2-6,11-12,15H2,1H3. The first kappa shape index (κ1) is 20.1. The fourth-order valence-corrected chi connectivity index (χ4v) is 3.58. The number of nitriles is 1. The maximum atomic E-state index is 9.79. The number of ether oxygens (including phenoxy) is 3. The first-order valence-corrected chi connectivity index (χ1v) is 9.67. The molecular weight excluding hydrogens is 356 g/mol. The van der Waals surface area contributed by atoms with E-state index in [1.54, 1.807) is 7.11 Å². The van der Waals surface area contributed by atoms with Crippen LogP contribution in [0, 0.1) is 11.3 Å². The van der Waals surface area contributed by atoms with E-state index < -0.39 is 0 Å². The summed E-state index contributed by atoms with van der Waals surface area (Å²) in [5, 5.41) is 18.6. The topological polar surface area (TPSA) is 84.6 Å². The molecular formula is C22H26N2O4. The highest BCUT2D eigenvalue weighted by atomic mass is 16.7. The molecule has 1 heterocycles. The van der Waals surface area contributed by atoms with Crippen LogP contribution in [0.25, 0.3) is 11.1 Å². The molecule has 1 aliphatic carbocycles. The number of pyridine rings is 1. The van der Waals surface area contributed by atoms with E-state index in [-0.39, 0.29) is 25.9 Å². The van der Waals surface area contributed by atoms with Crippen molar-refractivity contribution in [3.8, 4) is 28.8 Å². The van der Waals surface area contributed by atoms with Gasteiger partial charge in [-0.1, -0.05) is 31.4 Å². The van der Waals surface area contributed by atoms with E-state index >= 15 is 0 Å². The molecule has 6 heteroatoms. The average molecular weight is 382 g/mol. The van der Waals surface area contributed by atoms with Crippen LogP contribution in [0.5, 0.6) is 11.6 Å². The summed E-state index contributed by atoms with van der Waals surface area (Å²) < 4.78 is 16.1. The third-order valence-electron chi connectivity index (χ3n) is 5.06. The van der Waals surface area contributed by atoms with E-state index in [1.165, 1.54) is 19.3 Å². The van der Waals surface area contributed by atoms with E-state index in [2.05, 4.69) is 11.1 Å². The van der Waals surface area contributed by atoms with Crippen molar-refractivity contribution in [2.24, 2.45) is 0 Å². The number of nitrogens with zero attached hydrogens (tertiary/aromatic N) is 2. The summed E-state index contributed by atoms with van der Waals surface area (Å²) in [4.78, 5) is 4.67. The normalized spacial score (nSPS) is 14.5. The summed E-state index contributed by atoms with van der Waals surface area (Å²) in [7, 11) is 1.63. The molecule has 1 aliphatic rings. The zero-order chi connectivity index (χ0) is 19.8. The highest BCUT2D eigenvalue weighted by molar-refractivity contribution is 5.73. The number of hydrogen-bond acceptors (Lipinski definition) is 6. The summed E-state index contributed by atoms with van der Waals surface area (Å²) >= 11 is 0. The van der Waals surface area contributed by atoms with Gasteiger partial charge in [-0.05, 0) is 36.6 Å². The molecule has 0 saturated heterocycles. The van der Waals surface area contributed by atoms with E-state index in [1.807, 2.05) is 30.3 Å². The number of methoxy groups -OCH3 is 1. The highest BCUT2D eigenvalue weighted by Gasteiger charge is 2.22. The number of aliphatic hydroxyl groups is 1. The van der Waals surface area contributed by atoms with Gasteiger partial charge in [0.25, 0.3) is 0 Å². The summed E-state index contributed by atoms with van der Waals surface area (Å²) in [5.74, 6) is 1.42. The molecule has 1 fully saturated rings. The predicted molar refractivity (Wildman–Crippen MR) is 105 cm³/mol. The van der Waals surface area contributed by atoms with Crippen molar-refractivity contribution >= 4 is 0 Å². The number of benzene rings is 1. The van der Waals surface area contributed by atoms with Crippen LogP contribution >= 0.6 is 0 Å². The van der Waals surface area contributed by atoms with Gasteiger partial charge in [-0.3, -0.25) is 0 Å². The van der Waals surface area contributed by atoms with Crippen molar-refractivity contribution in [3.05, 3.63) is 41.6 Å². The van der Waals surface area contributed by atoms with Crippen molar-refractivity contribution in [3.63, 3.8) is 0 Å². The highest BCUT2D eigenvalue weighted by Crippen LogP contribution is 2.37. The Balaban J connectivity index is 2.00. The van der Waals surface area contributed by atoms with Crippen molar-refractivity contribution in [2.45, 2.75) is 38.0 Å². The smallest absolute Gasteiger partial charge is 0.234 e. The Hall–Kier alpha value is -2.62. The third-order valence-corrected chi connectivity index (χ3v) is 5.06. The molecule has 0 spiro atoms. The second-order valence-electron chi connectivity index (χ2n) is 6.84. The van der Waals surface area contributed by atoms with E-state index in [0.717, 1.165) is 35.4 Å². The van der Waals surface area contributed by atoms with E-state index in [9.17, 15) is 5.26 Å². The minimum atomic E-state index is -0.0822. The van der Waals surface area contributed by atoms with Gasteiger partial charge in [-0.2, -0.15) is 5.26 Å². The molecule has 1 N–H and O–H groups in total. The summed E-state index contributed by atoms with van der Waals surface area (Å²) in [5.41, 5.74) is 3.06. The second-order valence-corrected chi connectivity index (χ2v) is 6.84. The lowest BCUT2D eigenvalue weighted by Gasteiger charge is -2.23. The minimum Gasteiger partial charge on any atom is -0.497 e. The van der Waals surface area contributed by atoms with Crippen LogP contribution in [0.15, 0.2) is 30.3 Å². The second kappa shape index (κ2) is 10.1. The zero-order valence-electron chi connectivity index (χ0n) is 16.2. The fraction of sp³-hybridized carbons (Fsp3) is 0.455. The number of rotatable bonds is 8. The lowest BCUT2D eigenvalue weighted by Crippen LogP contribution is -2.12. The van der Waals surface area contributed by atoms with Gasteiger partial charge in [0, 0.05) is 17.2 Å². The van der Waals surface area contributed by atoms with Crippen molar-refractivity contribution in [2.75, 3.05) is 27.1 Å². The predicted octanol–water partition coefficient (Wildman–Crippen LogP) is 4.02. The van der Waals surface area contributed by atoms with Gasteiger partial charge in [0.05, 0.1) is 20.3 Å². The summed E-state index contributed by atoms with van der Waals surface area (Å²) in [6.45, 7) is 0.0368. The van der Waals surface area contributed by atoms with Crippen molar-refractivity contribution < 1.29 is 19.3 Å². The Bertz CT molecular complexity index is 809. The van der Waals surface area contributed by atoms with E-state index in [4.69, 9.17) is 19.3 Å². The fourth-order valence-electron chi connectivity index (χ4n) is 3.58. The number of aromatic nitrogens is 1. The van der Waals surface area contributed by atoms with E-state index in [0.29, 0.717) is 11.5 Å². The molecule has 1 saturated carbocycles. The van der Waals surface area contributed by atoms with Crippen LogP contribution in [0.1, 0.15) is 49.3 Å². The molecule has 1 aromatic carbocycles. The number of aliphatic hydroxyl groups excluding tert-OH is 1. The maximum Gasteiger partial charge on any atom is 0.234 e. The molecule has 0 amide bonds. The van der Waals surface area contributed by atoms with Gasteiger partial charge in [0.1, 0.15) is 17.4 Å². The number of hydrogen-bond donors (Lipinski definition) is 1. The molecule has 3 rings (SSSR count). The van der Waals surface area contributed by atoms with Crippen LogP contribution in [-0.2, 0) is 4.74 Å². The Morgan fingerprint density at radius 3 is 2.57 bits per heavy atom. The Labute approximate surface area is 165 Å². The average Bonchev–Trinajstić information content (AvgIpc) is 2.76. The molecule has 0 radical (unpaired) electrons. The van der Waals surface area contributed by atoms with Crippen LogP contribution < -0.4 is 9.47 Å². The molecule has 0 atom stereocenters. The van der Waals surface area contributed by atoms with Crippen LogP contribution in [0.4, 0.5) is 0 Å². The van der Waals surface area contributed by atoms with Gasteiger partial charge in [-0.15, -0.1) is 0 Å². The summed E-state index contributed by atoms with van der Waals surface area (Å²) in [6, 6.07) is 11.9. The van der Waals surface area contributed by atoms with Gasteiger partial charge in [-0.25, -0.2) is 4.98 Å². The van der Waals surface area contributed by atoms with Crippen LogP contribution in [0.2, 0.25) is 0 Å².